The normalized spacial score (nSPS) is 16.1. The van der Waals surface area contributed by atoms with Crippen molar-refractivity contribution in [3.05, 3.63) is 36.7 Å². The Balaban J connectivity index is 1.75. The first-order valence-electron chi connectivity index (χ1n) is 7.71. The van der Waals surface area contributed by atoms with Crippen LogP contribution in [-0.2, 0) is 0 Å². The summed E-state index contributed by atoms with van der Waals surface area (Å²) in [6.45, 7) is 3.93. The molecule has 1 saturated heterocycles. The minimum absolute atomic E-state index is 0.286. The second-order valence-corrected chi connectivity index (χ2v) is 5.84. The number of nitrogen functional groups attached to an aromatic ring is 1. The van der Waals surface area contributed by atoms with Crippen LogP contribution in [0.5, 0.6) is 0 Å². The first-order valence-corrected chi connectivity index (χ1v) is 7.71. The molecule has 1 aliphatic heterocycles. The molecule has 7 heteroatoms. The number of para-hydroxylation sites is 2. The predicted octanol–water partition coefficient (Wildman–Crippen LogP) is 1.15. The number of rotatable bonds is 2. The number of likely N-dealkylation sites (N-methyl/N-ethyl adjacent to an activating group) is 1. The van der Waals surface area contributed by atoms with Crippen LogP contribution in [0.15, 0.2) is 36.7 Å². The summed E-state index contributed by atoms with van der Waals surface area (Å²) in [6.07, 6.45) is 1.78. The Morgan fingerprint density at radius 3 is 2.57 bits per heavy atom. The van der Waals surface area contributed by atoms with Gasteiger partial charge >= 0.3 is 0 Å². The fraction of sp³-hybridized carbons (Fsp3) is 0.312. The highest BCUT2D eigenvalue weighted by molar-refractivity contribution is 5.77. The van der Waals surface area contributed by atoms with Crippen LogP contribution in [0, 0.1) is 0 Å². The SMILES string of the molecule is CN1CCN(c2cc(-n3cnc4ccccc43)nc(N)n2)CC1. The molecule has 3 aromatic rings. The van der Waals surface area contributed by atoms with Crippen LogP contribution >= 0.6 is 0 Å². The first-order chi connectivity index (χ1) is 11.2. The van der Waals surface area contributed by atoms with E-state index in [-0.39, 0.29) is 5.95 Å². The average molecular weight is 309 g/mol. The molecule has 0 saturated carbocycles. The van der Waals surface area contributed by atoms with Gasteiger partial charge in [-0.3, -0.25) is 4.57 Å². The molecule has 118 valence electrons. The second kappa shape index (κ2) is 5.51. The van der Waals surface area contributed by atoms with Gasteiger partial charge < -0.3 is 15.5 Å². The lowest BCUT2D eigenvalue weighted by Crippen LogP contribution is -2.44. The van der Waals surface area contributed by atoms with E-state index in [1.807, 2.05) is 34.9 Å². The molecule has 0 atom stereocenters. The summed E-state index contributed by atoms with van der Waals surface area (Å²) in [6, 6.07) is 9.96. The maximum atomic E-state index is 5.95. The van der Waals surface area contributed by atoms with E-state index in [9.17, 15) is 0 Å². The van der Waals surface area contributed by atoms with Crippen molar-refractivity contribution in [3.8, 4) is 5.82 Å². The lowest BCUT2D eigenvalue weighted by molar-refractivity contribution is 0.312. The largest absolute Gasteiger partial charge is 0.368 e. The standard InChI is InChI=1S/C16H19N7/c1-21-6-8-22(9-7-21)14-10-15(20-16(17)19-14)23-11-18-12-4-2-3-5-13(12)23/h2-5,10-11H,6-9H2,1H3,(H2,17,19,20). The van der Waals surface area contributed by atoms with Gasteiger partial charge in [-0.15, -0.1) is 0 Å². The molecule has 2 N–H and O–H groups in total. The number of aromatic nitrogens is 4. The van der Waals surface area contributed by atoms with Gasteiger partial charge in [0.25, 0.3) is 0 Å². The third-order valence-electron chi connectivity index (χ3n) is 4.24. The molecular formula is C16H19N7. The van der Waals surface area contributed by atoms with Gasteiger partial charge in [-0.2, -0.15) is 9.97 Å². The third-order valence-corrected chi connectivity index (χ3v) is 4.24. The number of fused-ring (bicyclic) bond motifs is 1. The van der Waals surface area contributed by atoms with Crippen LogP contribution in [0.2, 0.25) is 0 Å². The molecule has 23 heavy (non-hydrogen) atoms. The summed E-state index contributed by atoms with van der Waals surface area (Å²) in [4.78, 5) is 17.8. The van der Waals surface area contributed by atoms with E-state index in [4.69, 9.17) is 5.73 Å². The minimum atomic E-state index is 0.286. The van der Waals surface area contributed by atoms with Crippen LogP contribution in [0.1, 0.15) is 0 Å². The van der Waals surface area contributed by atoms with Crippen molar-refractivity contribution < 1.29 is 0 Å². The summed E-state index contributed by atoms with van der Waals surface area (Å²) in [5.41, 5.74) is 7.90. The number of anilines is 2. The quantitative estimate of drug-likeness (QED) is 0.765. The Bertz CT molecular complexity index is 833. The van der Waals surface area contributed by atoms with Gasteiger partial charge in [-0.05, 0) is 19.2 Å². The monoisotopic (exact) mass is 309 g/mol. The predicted molar refractivity (Wildman–Crippen MR) is 90.8 cm³/mol. The minimum Gasteiger partial charge on any atom is -0.368 e. The molecule has 0 bridgehead atoms. The second-order valence-electron chi connectivity index (χ2n) is 5.84. The molecular weight excluding hydrogens is 290 g/mol. The van der Waals surface area contributed by atoms with Crippen LogP contribution < -0.4 is 10.6 Å². The van der Waals surface area contributed by atoms with Gasteiger partial charge in [-0.1, -0.05) is 12.1 Å². The van der Waals surface area contributed by atoms with Gasteiger partial charge in [0, 0.05) is 32.2 Å². The molecule has 0 spiro atoms. The lowest BCUT2D eigenvalue weighted by atomic mass is 10.3. The van der Waals surface area contributed by atoms with Crippen LogP contribution in [0.25, 0.3) is 16.9 Å². The van der Waals surface area contributed by atoms with Gasteiger partial charge in [-0.25, -0.2) is 4.98 Å². The average Bonchev–Trinajstić information content (AvgIpc) is 2.99. The Morgan fingerprint density at radius 2 is 1.74 bits per heavy atom. The van der Waals surface area contributed by atoms with Crippen molar-refractivity contribution in [1.82, 2.24) is 24.4 Å². The van der Waals surface area contributed by atoms with E-state index >= 15 is 0 Å². The maximum Gasteiger partial charge on any atom is 0.223 e. The van der Waals surface area contributed by atoms with E-state index in [1.54, 1.807) is 6.33 Å². The molecule has 0 unspecified atom stereocenters. The summed E-state index contributed by atoms with van der Waals surface area (Å²) in [5, 5.41) is 0. The number of hydrogen-bond donors (Lipinski definition) is 1. The first kappa shape index (κ1) is 14.0. The molecule has 0 aliphatic carbocycles. The fourth-order valence-electron chi connectivity index (χ4n) is 2.90. The van der Waals surface area contributed by atoms with Crippen LogP contribution in [0.3, 0.4) is 0 Å². The number of imidazole rings is 1. The number of benzene rings is 1. The molecule has 2 aromatic heterocycles. The highest BCUT2D eigenvalue weighted by Gasteiger charge is 2.17. The zero-order chi connectivity index (χ0) is 15.8. The van der Waals surface area contributed by atoms with Crippen molar-refractivity contribution in [2.45, 2.75) is 0 Å². The fourth-order valence-corrected chi connectivity index (χ4v) is 2.90. The number of hydrogen-bond acceptors (Lipinski definition) is 6. The maximum absolute atomic E-state index is 5.95. The highest BCUT2D eigenvalue weighted by atomic mass is 15.3. The molecule has 3 heterocycles. The van der Waals surface area contributed by atoms with Gasteiger partial charge in [0.05, 0.1) is 11.0 Å². The van der Waals surface area contributed by atoms with Crippen molar-refractivity contribution in [1.29, 1.82) is 0 Å². The number of nitrogens with two attached hydrogens (primary N) is 1. The third kappa shape index (κ3) is 2.59. The Hall–Kier alpha value is -2.67. The summed E-state index contributed by atoms with van der Waals surface area (Å²) in [5.74, 6) is 1.91. The zero-order valence-corrected chi connectivity index (χ0v) is 13.1. The van der Waals surface area contributed by atoms with E-state index in [2.05, 4.69) is 31.8 Å². The van der Waals surface area contributed by atoms with Crippen molar-refractivity contribution in [2.75, 3.05) is 43.9 Å². The molecule has 1 aliphatic rings. The zero-order valence-electron chi connectivity index (χ0n) is 13.1. The Morgan fingerprint density at radius 1 is 1.00 bits per heavy atom. The molecule has 7 nitrogen and oxygen atoms in total. The van der Waals surface area contributed by atoms with E-state index in [1.165, 1.54) is 0 Å². The number of nitrogens with zero attached hydrogens (tertiary/aromatic N) is 6. The van der Waals surface area contributed by atoms with Gasteiger partial charge in [0.1, 0.15) is 18.0 Å². The van der Waals surface area contributed by atoms with Gasteiger partial charge in [0.15, 0.2) is 0 Å². The molecule has 0 radical (unpaired) electrons. The lowest BCUT2D eigenvalue weighted by Gasteiger charge is -2.33. The topological polar surface area (TPSA) is 76.1 Å². The molecule has 4 rings (SSSR count). The van der Waals surface area contributed by atoms with Crippen molar-refractivity contribution >= 4 is 22.8 Å². The Labute approximate surface area is 134 Å². The van der Waals surface area contributed by atoms with Gasteiger partial charge in [0.2, 0.25) is 5.95 Å². The smallest absolute Gasteiger partial charge is 0.223 e. The van der Waals surface area contributed by atoms with E-state index in [0.29, 0.717) is 0 Å². The molecule has 0 amide bonds. The summed E-state index contributed by atoms with van der Waals surface area (Å²) >= 11 is 0. The molecule has 1 fully saturated rings. The summed E-state index contributed by atoms with van der Waals surface area (Å²) in [7, 11) is 2.13. The van der Waals surface area contributed by atoms with Crippen LogP contribution in [0.4, 0.5) is 11.8 Å². The van der Waals surface area contributed by atoms with Crippen molar-refractivity contribution in [3.63, 3.8) is 0 Å². The Kier molecular flexibility index (Phi) is 3.34. The van der Waals surface area contributed by atoms with Crippen LogP contribution in [-0.4, -0.2) is 57.6 Å². The summed E-state index contributed by atoms with van der Waals surface area (Å²) < 4.78 is 1.95. The van der Waals surface area contributed by atoms with E-state index in [0.717, 1.165) is 48.8 Å². The highest BCUT2D eigenvalue weighted by Crippen LogP contribution is 2.21. The van der Waals surface area contributed by atoms with Crippen molar-refractivity contribution in [2.24, 2.45) is 0 Å². The molecule has 1 aromatic carbocycles. The van der Waals surface area contributed by atoms with E-state index < -0.39 is 0 Å². The number of piperazine rings is 1.